The summed E-state index contributed by atoms with van der Waals surface area (Å²) in [7, 11) is 2.22. The number of nitrogens with zero attached hydrogens (tertiary/aromatic N) is 2. The maximum Gasteiger partial charge on any atom is 0.251 e. The summed E-state index contributed by atoms with van der Waals surface area (Å²) in [5.74, 6) is 0.911. The van der Waals surface area contributed by atoms with Gasteiger partial charge in [0.1, 0.15) is 0 Å². The van der Waals surface area contributed by atoms with Crippen molar-refractivity contribution in [2.24, 2.45) is 5.92 Å². The molecule has 1 amide bonds. The number of amides is 1. The van der Waals surface area contributed by atoms with Crippen molar-refractivity contribution >= 4 is 22.9 Å². The molecule has 1 aliphatic carbocycles. The Labute approximate surface area is 165 Å². The van der Waals surface area contributed by atoms with Gasteiger partial charge in [0.25, 0.3) is 5.91 Å². The van der Waals surface area contributed by atoms with E-state index in [-0.39, 0.29) is 11.3 Å². The molecule has 1 N–H and O–H groups in total. The second kappa shape index (κ2) is 6.64. The average Bonchev–Trinajstić information content (AvgIpc) is 3.07. The zero-order valence-electron chi connectivity index (χ0n) is 15.9. The predicted molar refractivity (Wildman–Crippen MR) is 111 cm³/mol. The summed E-state index contributed by atoms with van der Waals surface area (Å²) in [5.41, 5.74) is 3.76. The van der Waals surface area contributed by atoms with E-state index in [0.29, 0.717) is 6.54 Å². The summed E-state index contributed by atoms with van der Waals surface area (Å²) in [4.78, 5) is 19.0. The smallest absolute Gasteiger partial charge is 0.251 e. The molecule has 0 radical (unpaired) electrons. The first-order chi connectivity index (χ1) is 13.1. The molecule has 1 atom stereocenters. The molecule has 1 saturated heterocycles. The quantitative estimate of drug-likeness (QED) is 0.861. The SMILES string of the molecule is CN1CCC2(C1)CN(CC1CC1)c1ccc(C(=O)NCc3cccs3)cc12. The molecule has 0 bridgehead atoms. The molecule has 1 unspecified atom stereocenters. The highest BCUT2D eigenvalue weighted by atomic mass is 32.1. The lowest BCUT2D eigenvalue weighted by Crippen LogP contribution is -2.36. The molecular weight excluding hydrogens is 354 g/mol. The first-order valence-electron chi connectivity index (χ1n) is 10.0. The molecule has 1 spiro atoms. The summed E-state index contributed by atoms with van der Waals surface area (Å²) in [5, 5.41) is 5.13. The predicted octanol–water partition coefficient (Wildman–Crippen LogP) is 3.48. The van der Waals surface area contributed by atoms with Crippen LogP contribution in [0.5, 0.6) is 0 Å². The van der Waals surface area contributed by atoms with Crippen molar-refractivity contribution in [1.82, 2.24) is 10.2 Å². The van der Waals surface area contributed by atoms with E-state index in [1.807, 2.05) is 17.5 Å². The van der Waals surface area contributed by atoms with Gasteiger partial charge in [-0.05, 0) is 74.0 Å². The number of fused-ring (bicyclic) bond motifs is 2. The Morgan fingerprint density at radius 2 is 2.19 bits per heavy atom. The van der Waals surface area contributed by atoms with Crippen LogP contribution >= 0.6 is 11.3 Å². The minimum absolute atomic E-state index is 0.0355. The molecule has 5 rings (SSSR count). The highest BCUT2D eigenvalue weighted by Gasteiger charge is 2.47. The summed E-state index contributed by atoms with van der Waals surface area (Å²) in [6, 6.07) is 10.5. The van der Waals surface area contributed by atoms with Crippen LogP contribution in [0.2, 0.25) is 0 Å². The summed E-state index contributed by atoms with van der Waals surface area (Å²) in [6.45, 7) is 5.15. The van der Waals surface area contributed by atoms with E-state index in [0.717, 1.165) is 31.1 Å². The fourth-order valence-corrected chi connectivity index (χ4v) is 5.44. The Morgan fingerprint density at radius 1 is 1.30 bits per heavy atom. The maximum absolute atomic E-state index is 12.7. The summed E-state index contributed by atoms with van der Waals surface area (Å²) >= 11 is 1.68. The highest BCUT2D eigenvalue weighted by Crippen LogP contribution is 2.47. The fraction of sp³-hybridized carbons (Fsp3) is 0.500. The van der Waals surface area contributed by atoms with Gasteiger partial charge in [-0.3, -0.25) is 4.79 Å². The molecule has 1 aromatic carbocycles. The average molecular weight is 382 g/mol. The minimum Gasteiger partial charge on any atom is -0.370 e. The van der Waals surface area contributed by atoms with E-state index in [4.69, 9.17) is 0 Å². The summed E-state index contributed by atoms with van der Waals surface area (Å²) in [6.07, 6.45) is 3.95. The second-order valence-corrected chi connectivity index (χ2v) is 9.62. The molecule has 4 nitrogen and oxygen atoms in total. The zero-order valence-corrected chi connectivity index (χ0v) is 16.7. The number of benzene rings is 1. The molecule has 2 aromatic rings. The Kier molecular flexibility index (Phi) is 4.25. The molecule has 1 saturated carbocycles. The van der Waals surface area contributed by atoms with Crippen molar-refractivity contribution < 1.29 is 4.79 Å². The van der Waals surface area contributed by atoms with E-state index in [2.05, 4.69) is 40.4 Å². The van der Waals surface area contributed by atoms with Gasteiger partial charge < -0.3 is 15.1 Å². The third-order valence-corrected chi connectivity index (χ3v) is 7.26. The summed E-state index contributed by atoms with van der Waals surface area (Å²) < 4.78 is 0. The van der Waals surface area contributed by atoms with Crippen LogP contribution in [0.25, 0.3) is 0 Å². The Morgan fingerprint density at radius 3 is 2.89 bits per heavy atom. The molecule has 27 heavy (non-hydrogen) atoms. The molecule has 2 aliphatic heterocycles. The number of likely N-dealkylation sites (tertiary alicyclic amines) is 1. The number of likely N-dealkylation sites (N-methyl/N-ethyl adjacent to an activating group) is 1. The van der Waals surface area contributed by atoms with Crippen LogP contribution < -0.4 is 10.2 Å². The number of thiophene rings is 1. The molecular formula is C22H27N3OS. The van der Waals surface area contributed by atoms with Gasteiger partial charge in [0.2, 0.25) is 0 Å². The van der Waals surface area contributed by atoms with E-state index >= 15 is 0 Å². The van der Waals surface area contributed by atoms with E-state index in [1.54, 1.807) is 11.3 Å². The van der Waals surface area contributed by atoms with Crippen LogP contribution in [0.3, 0.4) is 0 Å². The monoisotopic (exact) mass is 381 g/mol. The molecule has 142 valence electrons. The van der Waals surface area contributed by atoms with Crippen molar-refractivity contribution in [3.05, 3.63) is 51.7 Å². The third-order valence-electron chi connectivity index (χ3n) is 6.39. The van der Waals surface area contributed by atoms with Gasteiger partial charge in [0.05, 0.1) is 6.54 Å². The zero-order chi connectivity index (χ0) is 18.4. The Hall–Kier alpha value is -1.85. The van der Waals surface area contributed by atoms with Crippen molar-refractivity contribution in [3.63, 3.8) is 0 Å². The number of carbonyl (C=O) groups excluding carboxylic acids is 1. The van der Waals surface area contributed by atoms with Crippen LogP contribution in [0.1, 0.15) is 40.1 Å². The van der Waals surface area contributed by atoms with E-state index < -0.39 is 0 Å². The lowest BCUT2D eigenvalue weighted by atomic mass is 9.81. The number of anilines is 1. The number of hydrogen-bond donors (Lipinski definition) is 1. The normalized spacial score (nSPS) is 24.6. The van der Waals surface area contributed by atoms with Gasteiger partial charge >= 0.3 is 0 Å². The number of rotatable bonds is 5. The molecule has 3 aliphatic rings. The number of nitrogens with one attached hydrogen (secondary N) is 1. The van der Waals surface area contributed by atoms with Crippen LogP contribution in [-0.2, 0) is 12.0 Å². The molecule has 1 aromatic heterocycles. The second-order valence-electron chi connectivity index (χ2n) is 8.59. The van der Waals surface area contributed by atoms with E-state index in [9.17, 15) is 4.79 Å². The topological polar surface area (TPSA) is 35.6 Å². The van der Waals surface area contributed by atoms with Gasteiger partial charge in [0.15, 0.2) is 0 Å². The van der Waals surface area contributed by atoms with Crippen LogP contribution in [-0.4, -0.2) is 44.0 Å². The van der Waals surface area contributed by atoms with Crippen molar-refractivity contribution in [2.75, 3.05) is 38.1 Å². The maximum atomic E-state index is 12.7. The first-order valence-corrected chi connectivity index (χ1v) is 10.9. The molecule has 5 heteroatoms. The minimum atomic E-state index is 0.0355. The van der Waals surface area contributed by atoms with Crippen LogP contribution in [0, 0.1) is 5.92 Å². The van der Waals surface area contributed by atoms with Gasteiger partial charge in [-0.1, -0.05) is 6.07 Å². The van der Waals surface area contributed by atoms with Crippen LogP contribution in [0.15, 0.2) is 35.7 Å². The molecule has 2 fully saturated rings. The van der Waals surface area contributed by atoms with Crippen molar-refractivity contribution in [2.45, 2.75) is 31.2 Å². The van der Waals surface area contributed by atoms with E-state index in [1.165, 1.54) is 41.9 Å². The van der Waals surface area contributed by atoms with Crippen molar-refractivity contribution in [3.8, 4) is 0 Å². The standard InChI is InChI=1S/C22H27N3OS/c1-24-9-8-22(14-24)15-25(13-16-4-5-16)20-7-6-17(11-19(20)22)21(26)23-12-18-3-2-10-27-18/h2-3,6-7,10-11,16H,4-5,8-9,12-15H2,1H3,(H,23,26). The number of hydrogen-bond acceptors (Lipinski definition) is 4. The first kappa shape index (κ1) is 17.3. The van der Waals surface area contributed by atoms with Gasteiger partial charge in [-0.15, -0.1) is 11.3 Å². The van der Waals surface area contributed by atoms with Gasteiger partial charge in [-0.25, -0.2) is 0 Å². The lowest BCUT2D eigenvalue weighted by Gasteiger charge is -2.26. The number of carbonyl (C=O) groups is 1. The van der Waals surface area contributed by atoms with Gasteiger partial charge in [-0.2, -0.15) is 0 Å². The van der Waals surface area contributed by atoms with Gasteiger partial charge in [0, 0.05) is 41.2 Å². The lowest BCUT2D eigenvalue weighted by molar-refractivity contribution is 0.0951. The Bertz CT molecular complexity index is 845. The highest BCUT2D eigenvalue weighted by molar-refractivity contribution is 7.09. The van der Waals surface area contributed by atoms with Crippen LogP contribution in [0.4, 0.5) is 5.69 Å². The fourth-order valence-electron chi connectivity index (χ4n) is 4.80. The molecule has 3 heterocycles. The largest absolute Gasteiger partial charge is 0.370 e. The third kappa shape index (κ3) is 3.27. The van der Waals surface area contributed by atoms with Crippen molar-refractivity contribution in [1.29, 1.82) is 0 Å². The Balaban J connectivity index is 1.41.